The lowest BCUT2D eigenvalue weighted by Crippen LogP contribution is -2.68. The van der Waals surface area contributed by atoms with Crippen LogP contribution in [-0.4, -0.2) is 66.4 Å². The molecule has 1 aromatic carbocycles. The minimum absolute atomic E-state index is 0.295. The van der Waals surface area contributed by atoms with Crippen molar-refractivity contribution < 1.29 is 18.9 Å². The fourth-order valence-electron chi connectivity index (χ4n) is 6.38. The van der Waals surface area contributed by atoms with Gasteiger partial charge in [-0.3, -0.25) is 10.6 Å². The average molecular weight is 541 g/mol. The maximum atomic E-state index is 13.5. The summed E-state index contributed by atoms with van der Waals surface area (Å²) in [7, 11) is 3.84. The molecule has 2 unspecified atom stereocenters. The number of carbonyl (C=O) groups is 1. The van der Waals surface area contributed by atoms with Crippen molar-refractivity contribution in [3.8, 4) is 5.75 Å². The summed E-state index contributed by atoms with van der Waals surface area (Å²) in [6.45, 7) is 5.00. The van der Waals surface area contributed by atoms with E-state index in [0.717, 1.165) is 60.0 Å². The van der Waals surface area contributed by atoms with E-state index in [2.05, 4.69) is 42.2 Å². The molecule has 1 aromatic rings. The smallest absolute Gasteiger partial charge is 0.339 e. The summed E-state index contributed by atoms with van der Waals surface area (Å²) in [5.74, 6) is 3.70. The summed E-state index contributed by atoms with van der Waals surface area (Å²) in [6.07, 6.45) is 8.50. The minimum Gasteiger partial charge on any atom is -0.497 e. The lowest BCUT2D eigenvalue weighted by Gasteiger charge is -2.44. The largest absolute Gasteiger partial charge is 0.497 e. The Morgan fingerprint density at radius 1 is 1.13 bits per heavy atom. The Labute approximate surface area is 230 Å². The highest BCUT2D eigenvalue weighted by atomic mass is 32.2. The van der Waals surface area contributed by atoms with E-state index in [9.17, 15) is 4.79 Å². The molecule has 3 heterocycles. The van der Waals surface area contributed by atoms with Gasteiger partial charge in [-0.15, -0.1) is 0 Å². The molecule has 3 N–H and O–H groups in total. The van der Waals surface area contributed by atoms with Crippen LogP contribution >= 0.6 is 11.8 Å². The summed E-state index contributed by atoms with van der Waals surface area (Å²) >= 11 is 2.00. The summed E-state index contributed by atoms with van der Waals surface area (Å²) in [5.41, 5.74) is 6.67. The van der Waals surface area contributed by atoms with Crippen LogP contribution in [0.2, 0.25) is 0 Å². The molecule has 0 spiro atoms. The van der Waals surface area contributed by atoms with E-state index in [0.29, 0.717) is 35.4 Å². The van der Waals surface area contributed by atoms with Crippen LogP contribution in [-0.2, 0) is 16.1 Å². The monoisotopic (exact) mass is 540 g/mol. The third kappa shape index (κ3) is 5.26. The number of esters is 1. The van der Waals surface area contributed by atoms with Crippen LogP contribution in [0.1, 0.15) is 57.9 Å². The Morgan fingerprint density at radius 3 is 2.42 bits per heavy atom. The predicted molar refractivity (Wildman–Crippen MR) is 152 cm³/mol. The molecule has 0 radical (unpaired) electrons. The zero-order valence-electron chi connectivity index (χ0n) is 23.1. The molecule has 1 aliphatic carbocycles. The number of likely N-dealkylation sites (N-methyl/N-ethyl adjacent to an activating group) is 1. The molecule has 38 heavy (non-hydrogen) atoms. The standard InChI is InChI=1S/C29H41N5O3S/c1-5-37-28(35)25-18-30-27-26(20(2)33-34(27,3)19-21-10-12-24(36-4)13-11-21)29(25,31-22-8-6-7-9-22)32-23-14-16-38-17-15-23/h10-13,18,22-23,31-32H,5-9,14-17,19H2,1-4H3/p+1. The minimum atomic E-state index is -0.863. The summed E-state index contributed by atoms with van der Waals surface area (Å²) < 4.78 is 11.4. The van der Waals surface area contributed by atoms with Crippen molar-refractivity contribution in [3.05, 3.63) is 52.9 Å². The number of ether oxygens (including phenoxy) is 2. The first-order chi connectivity index (χ1) is 18.4. The number of hydrogen-bond acceptors (Lipinski definition) is 8. The first-order valence-electron chi connectivity index (χ1n) is 14.0. The Kier molecular flexibility index (Phi) is 8.19. The molecule has 0 bridgehead atoms. The van der Waals surface area contributed by atoms with E-state index in [1.165, 1.54) is 18.4 Å². The quantitative estimate of drug-likeness (QED) is 0.248. The molecule has 9 heteroatoms. The van der Waals surface area contributed by atoms with Crippen LogP contribution in [0.15, 0.2) is 52.3 Å². The molecule has 1 saturated heterocycles. The van der Waals surface area contributed by atoms with Crippen LogP contribution in [0.5, 0.6) is 5.75 Å². The third-order valence-corrected chi connectivity index (χ3v) is 9.20. The lowest BCUT2D eigenvalue weighted by molar-refractivity contribution is -0.871. The van der Waals surface area contributed by atoms with Gasteiger partial charge in [0.05, 0.1) is 37.6 Å². The highest BCUT2D eigenvalue weighted by molar-refractivity contribution is 7.99. The SMILES string of the molecule is CCOC(=O)C1=CN=C2C(=C(C)N[N+]2(C)Cc2ccc(OC)cc2)C1(NC1CCCC1)NC1CCSCC1. The van der Waals surface area contributed by atoms with E-state index in [-0.39, 0.29) is 5.97 Å². The topological polar surface area (TPSA) is 84.0 Å². The van der Waals surface area contributed by atoms with Crippen LogP contribution in [0.3, 0.4) is 0 Å². The van der Waals surface area contributed by atoms with Gasteiger partial charge in [-0.2, -0.15) is 16.4 Å². The molecule has 5 rings (SSSR count). The van der Waals surface area contributed by atoms with Crippen molar-refractivity contribution >= 4 is 23.6 Å². The second-order valence-corrected chi connectivity index (χ2v) is 12.2. The summed E-state index contributed by atoms with van der Waals surface area (Å²) in [6, 6.07) is 8.80. The van der Waals surface area contributed by atoms with Gasteiger partial charge >= 0.3 is 5.97 Å². The van der Waals surface area contributed by atoms with E-state index in [1.807, 2.05) is 30.8 Å². The predicted octanol–water partition coefficient (Wildman–Crippen LogP) is 4.01. The van der Waals surface area contributed by atoms with Gasteiger partial charge in [0, 0.05) is 23.8 Å². The van der Waals surface area contributed by atoms with Crippen LogP contribution in [0.4, 0.5) is 0 Å². The van der Waals surface area contributed by atoms with Gasteiger partial charge in [0.25, 0.3) is 5.84 Å². The number of methoxy groups -OCH3 is 1. The fourth-order valence-corrected chi connectivity index (χ4v) is 7.49. The van der Waals surface area contributed by atoms with Gasteiger partial charge in [0.1, 0.15) is 18.0 Å². The highest BCUT2D eigenvalue weighted by Gasteiger charge is 2.57. The Hall–Kier alpha value is -2.33. The Morgan fingerprint density at radius 2 is 1.79 bits per heavy atom. The second-order valence-electron chi connectivity index (χ2n) is 10.9. The molecular weight excluding hydrogens is 498 g/mol. The number of carbonyl (C=O) groups excluding carboxylic acids is 1. The van der Waals surface area contributed by atoms with Gasteiger partial charge < -0.3 is 9.47 Å². The normalized spacial score (nSPS) is 28.0. The number of nitrogens with one attached hydrogen (secondary N) is 3. The second kappa shape index (κ2) is 11.4. The van der Waals surface area contributed by atoms with Gasteiger partial charge in [-0.05, 0) is 75.3 Å². The molecule has 4 aliphatic rings. The van der Waals surface area contributed by atoms with Crippen molar-refractivity contribution in [1.29, 1.82) is 0 Å². The molecule has 206 valence electrons. The van der Waals surface area contributed by atoms with Crippen molar-refractivity contribution in [2.45, 2.75) is 76.7 Å². The maximum absolute atomic E-state index is 13.5. The average Bonchev–Trinajstić information content (AvgIpc) is 3.51. The molecule has 2 atom stereocenters. The van der Waals surface area contributed by atoms with Crippen LogP contribution in [0.25, 0.3) is 0 Å². The van der Waals surface area contributed by atoms with Gasteiger partial charge in [-0.25, -0.2) is 15.2 Å². The Balaban J connectivity index is 1.58. The molecule has 3 aliphatic heterocycles. The van der Waals surface area contributed by atoms with E-state index in [4.69, 9.17) is 14.5 Å². The zero-order chi connectivity index (χ0) is 26.8. The highest BCUT2D eigenvalue weighted by Crippen LogP contribution is 2.40. The van der Waals surface area contributed by atoms with Gasteiger partial charge in [0.2, 0.25) is 0 Å². The third-order valence-electron chi connectivity index (χ3n) is 8.15. The number of rotatable bonds is 9. The van der Waals surface area contributed by atoms with E-state index >= 15 is 0 Å². The maximum Gasteiger partial charge on any atom is 0.339 e. The zero-order valence-corrected chi connectivity index (χ0v) is 24.0. The number of benzene rings is 1. The number of amidine groups is 1. The van der Waals surface area contributed by atoms with Gasteiger partial charge in [-0.1, -0.05) is 12.8 Å². The van der Waals surface area contributed by atoms with Crippen molar-refractivity contribution in [2.24, 2.45) is 4.99 Å². The van der Waals surface area contributed by atoms with E-state index < -0.39 is 5.66 Å². The number of allylic oxidation sites excluding steroid dienone is 1. The fraction of sp³-hybridized carbons (Fsp3) is 0.586. The molecule has 2 fully saturated rings. The molecule has 0 amide bonds. The number of fused-ring (bicyclic) bond motifs is 1. The Bertz CT molecular complexity index is 1120. The number of hydrogen-bond donors (Lipinski definition) is 3. The van der Waals surface area contributed by atoms with Crippen molar-refractivity contribution in [3.63, 3.8) is 0 Å². The molecular formula is C29H42N5O3S+. The van der Waals surface area contributed by atoms with Crippen molar-refractivity contribution in [2.75, 3.05) is 32.3 Å². The number of quaternary nitrogens is 1. The van der Waals surface area contributed by atoms with Crippen molar-refractivity contribution in [1.82, 2.24) is 16.1 Å². The summed E-state index contributed by atoms with van der Waals surface area (Å²) in [5, 5.41) is 8.00. The summed E-state index contributed by atoms with van der Waals surface area (Å²) in [4.78, 5) is 18.5. The number of thioether (sulfide) groups is 1. The molecule has 8 nitrogen and oxygen atoms in total. The number of aliphatic imine (C=N–C) groups is 1. The lowest BCUT2D eigenvalue weighted by atomic mass is 9.84. The number of nitrogens with zero attached hydrogens (tertiary/aromatic N) is 2. The first kappa shape index (κ1) is 27.2. The van der Waals surface area contributed by atoms with Crippen LogP contribution < -0.4 is 20.8 Å². The first-order valence-corrected chi connectivity index (χ1v) is 15.1. The van der Waals surface area contributed by atoms with Gasteiger partial charge in [0.15, 0.2) is 0 Å². The molecule has 1 saturated carbocycles. The van der Waals surface area contributed by atoms with E-state index in [1.54, 1.807) is 13.3 Å². The molecule has 0 aromatic heterocycles. The van der Waals surface area contributed by atoms with Crippen LogP contribution in [0, 0.1) is 0 Å².